The van der Waals surface area contributed by atoms with Crippen molar-refractivity contribution >= 4 is 38.3 Å². The molecule has 0 aliphatic rings. The van der Waals surface area contributed by atoms with Gasteiger partial charge in [-0.25, -0.2) is 13.2 Å². The number of carbonyl (C=O) groups excluding carboxylic acids is 1. The van der Waals surface area contributed by atoms with Gasteiger partial charge in [0.2, 0.25) is 0 Å². The third-order valence-electron chi connectivity index (χ3n) is 4.72. The van der Waals surface area contributed by atoms with Gasteiger partial charge in [0.15, 0.2) is 0 Å². The van der Waals surface area contributed by atoms with Gasteiger partial charge in [-0.05, 0) is 44.0 Å². The monoisotopic (exact) mass is 446 g/mol. The van der Waals surface area contributed by atoms with E-state index in [4.69, 9.17) is 9.15 Å². The van der Waals surface area contributed by atoms with E-state index in [2.05, 4.69) is 4.72 Å². The lowest BCUT2D eigenvalue weighted by atomic mass is 10.1. The molecule has 0 radical (unpaired) electrons. The summed E-state index contributed by atoms with van der Waals surface area (Å²) in [5.74, 6) is -0.176. The van der Waals surface area contributed by atoms with Gasteiger partial charge in [-0.1, -0.05) is 19.4 Å². The Bertz CT molecular complexity index is 1260. The molecule has 9 nitrogen and oxygen atoms in total. The van der Waals surface area contributed by atoms with E-state index in [1.165, 1.54) is 24.3 Å². The van der Waals surface area contributed by atoms with Crippen LogP contribution in [0.1, 0.15) is 41.4 Å². The Morgan fingerprint density at radius 1 is 1.19 bits per heavy atom. The number of non-ortho nitro benzene ring substituents is 1. The minimum Gasteiger partial charge on any atom is -0.462 e. The lowest BCUT2D eigenvalue weighted by Gasteiger charge is -2.10. The van der Waals surface area contributed by atoms with Crippen molar-refractivity contribution in [3.63, 3.8) is 0 Å². The first kappa shape index (κ1) is 22.3. The first-order valence-electron chi connectivity index (χ1n) is 9.62. The number of rotatable bonds is 8. The van der Waals surface area contributed by atoms with E-state index in [0.717, 1.165) is 18.9 Å². The Morgan fingerprint density at radius 3 is 2.61 bits per heavy atom. The Morgan fingerprint density at radius 2 is 1.94 bits per heavy atom. The van der Waals surface area contributed by atoms with E-state index in [1.807, 2.05) is 6.92 Å². The number of nitro benzene ring substituents is 1. The highest BCUT2D eigenvalue weighted by atomic mass is 32.2. The van der Waals surface area contributed by atoms with Crippen molar-refractivity contribution in [2.75, 3.05) is 11.3 Å². The number of benzene rings is 2. The van der Waals surface area contributed by atoms with Crippen LogP contribution >= 0.6 is 0 Å². The SMILES string of the molecule is CCCCOC(=O)c1c(C)oc2ccc(NS(=O)(=O)c3cc([N+](=O)[O-])ccc3C)cc12. The Labute approximate surface area is 179 Å². The molecule has 1 N–H and O–H groups in total. The predicted octanol–water partition coefficient (Wildman–Crippen LogP) is 4.72. The largest absolute Gasteiger partial charge is 0.462 e. The van der Waals surface area contributed by atoms with Gasteiger partial charge in [-0.3, -0.25) is 14.8 Å². The molecule has 0 atom stereocenters. The fourth-order valence-electron chi connectivity index (χ4n) is 3.12. The zero-order chi connectivity index (χ0) is 22.8. The van der Waals surface area contributed by atoms with E-state index in [9.17, 15) is 23.3 Å². The summed E-state index contributed by atoms with van der Waals surface area (Å²) < 4.78 is 39.1. The number of aryl methyl sites for hydroxylation is 2. The molecular weight excluding hydrogens is 424 g/mol. The molecule has 0 saturated heterocycles. The highest BCUT2D eigenvalue weighted by Gasteiger charge is 2.23. The lowest BCUT2D eigenvalue weighted by molar-refractivity contribution is -0.385. The van der Waals surface area contributed by atoms with Crippen LogP contribution in [-0.2, 0) is 14.8 Å². The van der Waals surface area contributed by atoms with Crippen LogP contribution in [0.5, 0.6) is 0 Å². The number of sulfonamides is 1. The number of carbonyl (C=O) groups is 1. The van der Waals surface area contributed by atoms with Crippen LogP contribution in [0, 0.1) is 24.0 Å². The molecule has 10 heteroatoms. The predicted molar refractivity (Wildman–Crippen MR) is 115 cm³/mol. The zero-order valence-corrected chi connectivity index (χ0v) is 18.1. The minimum atomic E-state index is -4.11. The van der Waals surface area contributed by atoms with Gasteiger partial charge in [0.05, 0.1) is 16.4 Å². The van der Waals surface area contributed by atoms with Gasteiger partial charge in [-0.2, -0.15) is 0 Å². The number of hydrogen-bond donors (Lipinski definition) is 1. The Balaban J connectivity index is 1.97. The molecule has 0 spiro atoms. The average molecular weight is 446 g/mol. The summed E-state index contributed by atoms with van der Waals surface area (Å²) in [6.07, 6.45) is 1.61. The molecule has 0 saturated carbocycles. The highest BCUT2D eigenvalue weighted by Crippen LogP contribution is 2.30. The average Bonchev–Trinajstić information content (AvgIpc) is 3.02. The Kier molecular flexibility index (Phi) is 6.30. The number of nitrogens with one attached hydrogen (secondary N) is 1. The molecule has 1 heterocycles. The molecule has 1 aromatic heterocycles. The minimum absolute atomic E-state index is 0.182. The fraction of sp³-hybridized carbons (Fsp3) is 0.286. The van der Waals surface area contributed by atoms with Crippen molar-refractivity contribution in [3.8, 4) is 0 Å². The second-order valence-corrected chi connectivity index (χ2v) is 8.70. The second-order valence-electron chi connectivity index (χ2n) is 7.05. The van der Waals surface area contributed by atoms with E-state index in [-0.39, 0.29) is 28.4 Å². The summed E-state index contributed by atoms with van der Waals surface area (Å²) in [7, 11) is -4.11. The van der Waals surface area contributed by atoms with Crippen molar-refractivity contribution in [3.05, 3.63) is 63.4 Å². The van der Waals surface area contributed by atoms with Crippen LogP contribution in [-0.4, -0.2) is 25.9 Å². The molecule has 164 valence electrons. The second kappa shape index (κ2) is 8.76. The normalized spacial score (nSPS) is 11.5. The number of esters is 1. The van der Waals surface area contributed by atoms with Crippen molar-refractivity contribution < 1.29 is 27.3 Å². The lowest BCUT2D eigenvalue weighted by Crippen LogP contribution is -2.14. The highest BCUT2D eigenvalue weighted by molar-refractivity contribution is 7.92. The van der Waals surface area contributed by atoms with Crippen LogP contribution in [0.3, 0.4) is 0 Å². The van der Waals surface area contributed by atoms with Crippen molar-refractivity contribution in [1.82, 2.24) is 0 Å². The molecular formula is C21H22N2O7S. The van der Waals surface area contributed by atoms with Crippen molar-refractivity contribution in [2.45, 2.75) is 38.5 Å². The van der Waals surface area contributed by atoms with E-state index in [1.54, 1.807) is 19.9 Å². The maximum absolute atomic E-state index is 12.9. The summed E-state index contributed by atoms with van der Waals surface area (Å²) in [4.78, 5) is 22.7. The topological polar surface area (TPSA) is 129 Å². The molecule has 0 bridgehead atoms. The Hall–Kier alpha value is -3.40. The summed E-state index contributed by atoms with van der Waals surface area (Å²) in [5, 5.41) is 11.4. The standard InChI is InChI=1S/C21H22N2O7S/c1-4-5-10-29-21(24)20-14(3)30-18-9-7-15(11-17(18)20)22-31(27,28)19-12-16(23(25)26)8-6-13(19)2/h6-9,11-12,22H,4-5,10H2,1-3H3. The number of anilines is 1. The quantitative estimate of drug-likeness (QED) is 0.229. The van der Waals surface area contributed by atoms with Crippen LogP contribution in [0.25, 0.3) is 11.0 Å². The van der Waals surface area contributed by atoms with E-state index in [0.29, 0.717) is 22.3 Å². The number of nitrogens with zero attached hydrogens (tertiary/aromatic N) is 1. The maximum Gasteiger partial charge on any atom is 0.342 e. The first-order valence-corrected chi connectivity index (χ1v) is 11.1. The molecule has 0 fully saturated rings. The molecule has 0 aliphatic heterocycles. The number of nitro groups is 1. The molecule has 31 heavy (non-hydrogen) atoms. The summed E-state index contributed by atoms with van der Waals surface area (Å²) in [5.41, 5.74) is 0.859. The van der Waals surface area contributed by atoms with Gasteiger partial charge in [0.25, 0.3) is 15.7 Å². The van der Waals surface area contributed by atoms with Crippen LogP contribution in [0.15, 0.2) is 45.7 Å². The van der Waals surface area contributed by atoms with E-state index < -0.39 is 20.9 Å². The van der Waals surface area contributed by atoms with Gasteiger partial charge in [0, 0.05) is 23.2 Å². The molecule has 0 aliphatic carbocycles. The van der Waals surface area contributed by atoms with Crippen LogP contribution in [0.2, 0.25) is 0 Å². The summed E-state index contributed by atoms with van der Waals surface area (Å²) >= 11 is 0. The number of unbranched alkanes of at least 4 members (excludes halogenated alkanes) is 1. The van der Waals surface area contributed by atoms with Crippen molar-refractivity contribution in [1.29, 1.82) is 0 Å². The smallest absolute Gasteiger partial charge is 0.342 e. The summed E-state index contributed by atoms with van der Waals surface area (Å²) in [6.45, 7) is 5.44. The van der Waals surface area contributed by atoms with Crippen LogP contribution in [0.4, 0.5) is 11.4 Å². The van der Waals surface area contributed by atoms with Gasteiger partial charge in [-0.15, -0.1) is 0 Å². The molecule has 0 amide bonds. The summed E-state index contributed by atoms with van der Waals surface area (Å²) in [6, 6.07) is 8.14. The third kappa shape index (κ3) is 4.69. The number of hydrogen-bond acceptors (Lipinski definition) is 7. The number of fused-ring (bicyclic) bond motifs is 1. The fourth-order valence-corrected chi connectivity index (χ4v) is 4.44. The zero-order valence-electron chi connectivity index (χ0n) is 17.3. The van der Waals surface area contributed by atoms with Crippen molar-refractivity contribution in [2.24, 2.45) is 0 Å². The maximum atomic E-state index is 12.9. The third-order valence-corrected chi connectivity index (χ3v) is 6.25. The molecule has 0 unspecified atom stereocenters. The number of furan rings is 1. The first-order chi connectivity index (χ1) is 14.6. The molecule has 3 aromatic rings. The molecule has 3 rings (SSSR count). The van der Waals surface area contributed by atoms with Crippen LogP contribution < -0.4 is 4.72 Å². The van der Waals surface area contributed by atoms with Gasteiger partial charge < -0.3 is 9.15 Å². The molecule has 2 aromatic carbocycles. The number of ether oxygens (including phenoxy) is 1. The van der Waals surface area contributed by atoms with Gasteiger partial charge >= 0.3 is 5.97 Å². The van der Waals surface area contributed by atoms with E-state index >= 15 is 0 Å². The van der Waals surface area contributed by atoms with Gasteiger partial charge in [0.1, 0.15) is 16.9 Å².